The van der Waals surface area contributed by atoms with Crippen LogP contribution >= 0.6 is 11.8 Å². The fourth-order valence-corrected chi connectivity index (χ4v) is 4.15. The molecule has 6 heteroatoms. The highest BCUT2D eigenvalue weighted by molar-refractivity contribution is 8.00. The summed E-state index contributed by atoms with van der Waals surface area (Å²) in [6, 6.07) is 7.37. The molecule has 0 N–H and O–H groups in total. The van der Waals surface area contributed by atoms with E-state index in [1.54, 1.807) is 10.6 Å². The molecule has 1 amide bonds. The first-order chi connectivity index (χ1) is 11.6. The lowest BCUT2D eigenvalue weighted by atomic mass is 10.1. The number of rotatable bonds is 4. The van der Waals surface area contributed by atoms with Gasteiger partial charge < -0.3 is 4.90 Å². The molecule has 1 saturated heterocycles. The van der Waals surface area contributed by atoms with Gasteiger partial charge in [0.25, 0.3) is 5.56 Å². The van der Waals surface area contributed by atoms with Crippen molar-refractivity contribution in [3.05, 3.63) is 34.6 Å². The number of carbonyl (C=O) groups excluding carboxylic acids is 1. The van der Waals surface area contributed by atoms with Gasteiger partial charge in [-0.05, 0) is 45.2 Å². The van der Waals surface area contributed by atoms with E-state index in [2.05, 4.69) is 4.98 Å². The van der Waals surface area contributed by atoms with Gasteiger partial charge in [-0.15, -0.1) is 0 Å². The highest BCUT2D eigenvalue weighted by Gasteiger charge is 2.24. The molecule has 1 aliphatic heterocycles. The zero-order valence-electron chi connectivity index (χ0n) is 14.2. The average molecular weight is 345 g/mol. The largest absolute Gasteiger partial charge is 0.342 e. The van der Waals surface area contributed by atoms with E-state index in [1.807, 2.05) is 36.9 Å². The Hall–Kier alpha value is -1.82. The summed E-state index contributed by atoms with van der Waals surface area (Å²) >= 11 is 1.39. The number of para-hydroxylation sites is 1. The second-order valence-electron chi connectivity index (χ2n) is 6.11. The molecule has 24 heavy (non-hydrogen) atoms. The van der Waals surface area contributed by atoms with Crippen molar-refractivity contribution in [1.29, 1.82) is 0 Å². The summed E-state index contributed by atoms with van der Waals surface area (Å²) in [6.07, 6.45) is 3.36. The molecular weight excluding hydrogens is 322 g/mol. The molecule has 3 rings (SSSR count). The Morgan fingerprint density at radius 3 is 2.67 bits per heavy atom. The predicted molar refractivity (Wildman–Crippen MR) is 97.4 cm³/mol. The Balaban J connectivity index is 1.88. The molecule has 1 aliphatic rings. The second kappa shape index (κ2) is 7.38. The molecule has 0 saturated carbocycles. The van der Waals surface area contributed by atoms with Crippen LogP contribution in [0.1, 0.15) is 33.1 Å². The lowest BCUT2D eigenvalue weighted by molar-refractivity contribution is -0.131. The molecule has 0 radical (unpaired) electrons. The predicted octanol–water partition coefficient (Wildman–Crippen LogP) is 2.91. The first-order valence-electron chi connectivity index (χ1n) is 8.57. The van der Waals surface area contributed by atoms with Crippen molar-refractivity contribution in [2.24, 2.45) is 0 Å². The smallest absolute Gasteiger partial charge is 0.262 e. The number of hydrogen-bond acceptors (Lipinski definition) is 4. The van der Waals surface area contributed by atoms with E-state index in [4.69, 9.17) is 0 Å². The van der Waals surface area contributed by atoms with E-state index in [1.165, 1.54) is 18.2 Å². The number of amides is 1. The van der Waals surface area contributed by atoms with Crippen molar-refractivity contribution in [3.63, 3.8) is 0 Å². The molecule has 0 bridgehead atoms. The first kappa shape index (κ1) is 17.0. The molecule has 1 fully saturated rings. The lowest BCUT2D eigenvalue weighted by Gasteiger charge is -2.29. The molecule has 2 aromatic rings. The maximum atomic E-state index is 12.6. The van der Waals surface area contributed by atoms with E-state index in [9.17, 15) is 9.59 Å². The number of benzene rings is 1. The molecule has 0 spiro atoms. The van der Waals surface area contributed by atoms with Gasteiger partial charge in [0, 0.05) is 19.6 Å². The van der Waals surface area contributed by atoms with E-state index in [0.29, 0.717) is 22.6 Å². The number of likely N-dealkylation sites (tertiary alicyclic amines) is 1. The Bertz CT molecular complexity index is 796. The first-order valence-corrected chi connectivity index (χ1v) is 9.44. The van der Waals surface area contributed by atoms with Gasteiger partial charge in [-0.2, -0.15) is 0 Å². The van der Waals surface area contributed by atoms with E-state index in [-0.39, 0.29) is 16.7 Å². The van der Waals surface area contributed by atoms with Crippen LogP contribution in [0.4, 0.5) is 0 Å². The van der Waals surface area contributed by atoms with Crippen LogP contribution in [0.2, 0.25) is 0 Å². The summed E-state index contributed by atoms with van der Waals surface area (Å²) in [5.41, 5.74) is 0.649. The van der Waals surface area contributed by atoms with Gasteiger partial charge in [-0.1, -0.05) is 23.9 Å². The Labute approximate surface area is 146 Å². The quantitative estimate of drug-likeness (QED) is 0.631. The van der Waals surface area contributed by atoms with Gasteiger partial charge in [0.15, 0.2) is 5.16 Å². The highest BCUT2D eigenvalue weighted by atomic mass is 32.2. The average Bonchev–Trinajstić information content (AvgIpc) is 2.62. The minimum atomic E-state index is -0.242. The summed E-state index contributed by atoms with van der Waals surface area (Å²) in [5.74, 6) is 0.143. The molecule has 1 atom stereocenters. The summed E-state index contributed by atoms with van der Waals surface area (Å²) in [7, 11) is 0. The minimum absolute atomic E-state index is 0.0387. The maximum absolute atomic E-state index is 12.6. The third-order valence-corrected chi connectivity index (χ3v) is 5.52. The van der Waals surface area contributed by atoms with Crippen molar-refractivity contribution in [2.75, 3.05) is 13.1 Å². The van der Waals surface area contributed by atoms with E-state index in [0.717, 1.165) is 25.9 Å². The van der Waals surface area contributed by atoms with Crippen LogP contribution in [0, 0.1) is 0 Å². The van der Waals surface area contributed by atoms with Crippen LogP contribution in [0.25, 0.3) is 10.9 Å². The zero-order chi connectivity index (χ0) is 17.1. The van der Waals surface area contributed by atoms with Crippen LogP contribution in [-0.2, 0) is 11.3 Å². The van der Waals surface area contributed by atoms with Gasteiger partial charge in [-0.25, -0.2) is 4.98 Å². The van der Waals surface area contributed by atoms with Crippen molar-refractivity contribution >= 4 is 28.6 Å². The fraction of sp³-hybridized carbons (Fsp3) is 0.500. The van der Waals surface area contributed by atoms with E-state index >= 15 is 0 Å². The van der Waals surface area contributed by atoms with Crippen molar-refractivity contribution < 1.29 is 4.79 Å². The standard InChI is InChI=1S/C18H23N3O2S/c1-3-21-17(23)14-9-5-6-10-15(14)19-18(21)24-13(2)16(22)20-11-7-4-8-12-20/h5-6,9-10,13H,3-4,7-8,11-12H2,1-2H3. The normalized spacial score (nSPS) is 16.3. The number of piperidine rings is 1. The highest BCUT2D eigenvalue weighted by Crippen LogP contribution is 2.24. The van der Waals surface area contributed by atoms with Gasteiger partial charge in [0.05, 0.1) is 16.2 Å². The lowest BCUT2D eigenvalue weighted by Crippen LogP contribution is -2.40. The van der Waals surface area contributed by atoms with Crippen molar-refractivity contribution in [1.82, 2.24) is 14.5 Å². The second-order valence-corrected chi connectivity index (χ2v) is 7.41. The molecule has 0 aliphatic carbocycles. The Morgan fingerprint density at radius 1 is 1.25 bits per heavy atom. The summed E-state index contributed by atoms with van der Waals surface area (Å²) < 4.78 is 1.66. The van der Waals surface area contributed by atoms with Gasteiger partial charge in [-0.3, -0.25) is 14.2 Å². The number of carbonyl (C=O) groups is 1. The van der Waals surface area contributed by atoms with Crippen molar-refractivity contribution in [2.45, 2.75) is 50.1 Å². The molecule has 128 valence electrons. The maximum Gasteiger partial charge on any atom is 0.262 e. The van der Waals surface area contributed by atoms with Crippen LogP contribution in [0.3, 0.4) is 0 Å². The number of hydrogen-bond donors (Lipinski definition) is 0. The van der Waals surface area contributed by atoms with Gasteiger partial charge in [0.1, 0.15) is 0 Å². The summed E-state index contributed by atoms with van der Waals surface area (Å²) in [5, 5.41) is 1.01. The van der Waals surface area contributed by atoms with Crippen LogP contribution < -0.4 is 5.56 Å². The Kier molecular flexibility index (Phi) is 5.23. The van der Waals surface area contributed by atoms with Crippen molar-refractivity contribution in [3.8, 4) is 0 Å². The van der Waals surface area contributed by atoms with Gasteiger partial charge in [0.2, 0.25) is 5.91 Å². The third-order valence-electron chi connectivity index (χ3n) is 4.44. The molecule has 1 aromatic heterocycles. The molecular formula is C18H23N3O2S. The summed E-state index contributed by atoms with van der Waals surface area (Å²) in [4.78, 5) is 31.9. The SMILES string of the molecule is CCn1c(SC(C)C(=O)N2CCCCC2)nc2ccccc2c1=O. The number of nitrogens with zero attached hydrogens (tertiary/aromatic N) is 3. The third kappa shape index (κ3) is 3.34. The van der Waals surface area contributed by atoms with E-state index < -0.39 is 0 Å². The van der Waals surface area contributed by atoms with Crippen LogP contribution in [0.15, 0.2) is 34.2 Å². The fourth-order valence-electron chi connectivity index (χ4n) is 3.10. The van der Waals surface area contributed by atoms with Crippen LogP contribution in [0.5, 0.6) is 0 Å². The topological polar surface area (TPSA) is 55.2 Å². The minimum Gasteiger partial charge on any atom is -0.342 e. The zero-order valence-corrected chi connectivity index (χ0v) is 15.0. The summed E-state index contributed by atoms with van der Waals surface area (Å²) in [6.45, 7) is 6.07. The van der Waals surface area contributed by atoms with Gasteiger partial charge >= 0.3 is 0 Å². The molecule has 1 aromatic carbocycles. The molecule has 5 nitrogen and oxygen atoms in total. The monoisotopic (exact) mass is 345 g/mol. The number of aromatic nitrogens is 2. The van der Waals surface area contributed by atoms with Crippen LogP contribution in [-0.4, -0.2) is 38.7 Å². The Morgan fingerprint density at radius 2 is 1.96 bits per heavy atom. The number of thioether (sulfide) groups is 1. The molecule has 2 heterocycles. The molecule has 1 unspecified atom stereocenters. The number of fused-ring (bicyclic) bond motifs is 1.